The zero-order valence-corrected chi connectivity index (χ0v) is 6.50. The number of benzene rings is 1. The minimum atomic E-state index is 0.976. The molecule has 10 heavy (non-hydrogen) atoms. The first-order chi connectivity index (χ1) is 4.84. The lowest BCUT2D eigenvalue weighted by atomic mass is 10.3. The molecule has 1 aromatic carbocycles. The van der Waals surface area contributed by atoms with Gasteiger partial charge in [0.05, 0.1) is 0 Å². The SMILES string of the molecule is CC[O+](C)c1ccccc1. The van der Waals surface area contributed by atoms with Crippen molar-refractivity contribution in [2.24, 2.45) is 0 Å². The van der Waals surface area contributed by atoms with E-state index < -0.39 is 0 Å². The summed E-state index contributed by atoms with van der Waals surface area (Å²) < 4.78 is 2.96. The smallest absolute Gasteiger partial charge is 0.255 e. The van der Waals surface area contributed by atoms with E-state index >= 15 is 0 Å². The molecule has 0 aromatic heterocycles. The van der Waals surface area contributed by atoms with Crippen LogP contribution in [-0.2, 0) is 4.37 Å². The van der Waals surface area contributed by atoms with E-state index in [1.165, 1.54) is 5.75 Å². The molecule has 0 unspecified atom stereocenters. The molecule has 0 heterocycles. The molecule has 0 saturated heterocycles. The molecule has 1 nitrogen and oxygen atoms in total. The van der Waals surface area contributed by atoms with Crippen LogP contribution in [0.4, 0.5) is 0 Å². The quantitative estimate of drug-likeness (QED) is 0.551. The first kappa shape index (κ1) is 7.13. The van der Waals surface area contributed by atoms with Crippen molar-refractivity contribution in [1.82, 2.24) is 0 Å². The largest absolute Gasteiger partial charge is 0.574 e. The molecule has 0 aliphatic rings. The van der Waals surface area contributed by atoms with Gasteiger partial charge in [-0.3, -0.25) is 0 Å². The number of para-hydroxylation sites is 1. The second-order valence-electron chi connectivity index (χ2n) is 2.24. The molecule has 0 saturated carbocycles. The van der Waals surface area contributed by atoms with Gasteiger partial charge in [-0.05, 0) is 0 Å². The molecule has 54 valence electrons. The van der Waals surface area contributed by atoms with Crippen LogP contribution in [0.3, 0.4) is 0 Å². The standard InChI is InChI=1S/C9H13O/c1-3-10(2)9-7-5-4-6-8-9/h4-8H,3H2,1-2H3/q+1. The Hall–Kier alpha value is -0.980. The Kier molecular flexibility index (Phi) is 2.32. The molecule has 1 rings (SSSR count). The summed E-state index contributed by atoms with van der Waals surface area (Å²) in [5.41, 5.74) is 0. The van der Waals surface area contributed by atoms with Crippen LogP contribution in [0.2, 0.25) is 0 Å². The van der Waals surface area contributed by atoms with Crippen molar-refractivity contribution >= 4 is 0 Å². The maximum atomic E-state index is 2.96. The molecule has 0 atom stereocenters. The third kappa shape index (κ3) is 1.50. The van der Waals surface area contributed by atoms with Crippen LogP contribution >= 0.6 is 0 Å². The Morgan fingerprint density at radius 1 is 1.20 bits per heavy atom. The molecule has 0 N–H and O–H groups in total. The lowest BCUT2D eigenvalue weighted by Gasteiger charge is -2.15. The molecule has 0 aliphatic carbocycles. The normalized spacial score (nSPS) is 9.40. The molecular weight excluding hydrogens is 124 g/mol. The number of hydrogen-bond acceptors (Lipinski definition) is 0. The molecular formula is C9H13O+. The van der Waals surface area contributed by atoms with Gasteiger partial charge in [-0.15, -0.1) is 0 Å². The Morgan fingerprint density at radius 2 is 1.80 bits per heavy atom. The second kappa shape index (κ2) is 3.25. The highest BCUT2D eigenvalue weighted by Crippen LogP contribution is 2.19. The Morgan fingerprint density at radius 3 is 2.30 bits per heavy atom. The van der Waals surface area contributed by atoms with Crippen molar-refractivity contribution in [1.29, 1.82) is 0 Å². The highest BCUT2D eigenvalue weighted by Gasteiger charge is 1.98. The Balaban J connectivity index is 2.75. The molecule has 1 heteroatoms. The molecule has 1 aromatic rings. The van der Waals surface area contributed by atoms with Gasteiger partial charge in [0.2, 0.25) is 0 Å². The van der Waals surface area contributed by atoms with Gasteiger partial charge in [0.15, 0.2) is 13.7 Å². The van der Waals surface area contributed by atoms with E-state index in [0.717, 1.165) is 6.61 Å². The minimum Gasteiger partial charge on any atom is -0.574 e. The van der Waals surface area contributed by atoms with Crippen LogP contribution in [0.5, 0.6) is 5.75 Å². The van der Waals surface area contributed by atoms with Crippen LogP contribution in [0.1, 0.15) is 6.92 Å². The summed E-state index contributed by atoms with van der Waals surface area (Å²) >= 11 is 0. The van der Waals surface area contributed by atoms with Crippen molar-refractivity contribution in [3.8, 4) is 5.75 Å². The van der Waals surface area contributed by atoms with Crippen LogP contribution in [0.25, 0.3) is 0 Å². The van der Waals surface area contributed by atoms with E-state index in [9.17, 15) is 0 Å². The Labute approximate surface area is 62.0 Å². The summed E-state index contributed by atoms with van der Waals surface area (Å²) in [4.78, 5) is 0. The van der Waals surface area contributed by atoms with Crippen molar-refractivity contribution in [3.63, 3.8) is 0 Å². The van der Waals surface area contributed by atoms with Crippen LogP contribution in [0.15, 0.2) is 30.3 Å². The highest BCUT2D eigenvalue weighted by molar-refractivity contribution is 5.21. The van der Waals surface area contributed by atoms with Gasteiger partial charge < -0.3 is 4.37 Å². The highest BCUT2D eigenvalue weighted by atomic mass is 16.7. The first-order valence-electron chi connectivity index (χ1n) is 3.52. The van der Waals surface area contributed by atoms with Crippen LogP contribution in [0, 0.1) is 0 Å². The monoisotopic (exact) mass is 137 g/mol. The molecule has 0 amide bonds. The van der Waals surface area contributed by atoms with E-state index in [4.69, 9.17) is 0 Å². The van der Waals surface area contributed by atoms with Gasteiger partial charge in [0.25, 0.3) is 5.75 Å². The van der Waals surface area contributed by atoms with Crippen molar-refractivity contribution in [2.45, 2.75) is 6.92 Å². The van der Waals surface area contributed by atoms with Crippen LogP contribution in [-0.4, -0.2) is 13.7 Å². The summed E-state index contributed by atoms with van der Waals surface area (Å²) in [6.07, 6.45) is 0. The molecule has 0 spiro atoms. The Bertz CT molecular complexity index is 181. The minimum absolute atomic E-state index is 0.976. The van der Waals surface area contributed by atoms with E-state index in [-0.39, 0.29) is 0 Å². The van der Waals surface area contributed by atoms with Gasteiger partial charge in [0, 0.05) is 19.1 Å². The zero-order valence-electron chi connectivity index (χ0n) is 6.50. The molecule has 0 aliphatic heterocycles. The van der Waals surface area contributed by atoms with E-state index in [2.05, 4.69) is 23.4 Å². The molecule has 0 fully saturated rings. The van der Waals surface area contributed by atoms with E-state index in [1.54, 1.807) is 0 Å². The predicted octanol–water partition coefficient (Wildman–Crippen LogP) is 2.60. The van der Waals surface area contributed by atoms with Crippen molar-refractivity contribution in [2.75, 3.05) is 13.7 Å². The summed E-state index contributed by atoms with van der Waals surface area (Å²) in [6.45, 7) is 3.08. The lowest BCUT2D eigenvalue weighted by Crippen LogP contribution is -1.98. The van der Waals surface area contributed by atoms with Gasteiger partial charge in [0.1, 0.15) is 0 Å². The summed E-state index contributed by atoms with van der Waals surface area (Å²) in [6, 6.07) is 10.2. The van der Waals surface area contributed by atoms with Gasteiger partial charge >= 0.3 is 0 Å². The van der Waals surface area contributed by atoms with Crippen molar-refractivity contribution in [3.05, 3.63) is 30.3 Å². The average Bonchev–Trinajstić information content (AvgIpc) is 2.05. The first-order valence-corrected chi connectivity index (χ1v) is 3.52. The predicted molar refractivity (Wildman–Crippen MR) is 43.4 cm³/mol. The lowest BCUT2D eigenvalue weighted by molar-refractivity contribution is 0.00417. The van der Waals surface area contributed by atoms with E-state index in [0.29, 0.717) is 0 Å². The average molecular weight is 137 g/mol. The molecule has 0 bridgehead atoms. The fraction of sp³-hybridized carbons (Fsp3) is 0.333. The third-order valence-electron chi connectivity index (χ3n) is 1.58. The number of hydrogen-bond donors (Lipinski definition) is 0. The van der Waals surface area contributed by atoms with Crippen molar-refractivity contribution < 1.29 is 4.37 Å². The summed E-state index contributed by atoms with van der Waals surface area (Å²) in [5, 5.41) is 0. The van der Waals surface area contributed by atoms with Gasteiger partial charge in [-0.2, -0.15) is 0 Å². The number of rotatable bonds is 2. The fourth-order valence-electron chi connectivity index (χ4n) is 0.819. The summed E-state index contributed by atoms with van der Waals surface area (Å²) in [5.74, 6) is 1.20. The topological polar surface area (TPSA) is 2.70 Å². The maximum absolute atomic E-state index is 2.96. The second-order valence-corrected chi connectivity index (χ2v) is 2.24. The summed E-state index contributed by atoms with van der Waals surface area (Å²) in [7, 11) is 2.01. The van der Waals surface area contributed by atoms with Gasteiger partial charge in [-0.25, -0.2) is 0 Å². The third-order valence-corrected chi connectivity index (χ3v) is 1.58. The fourth-order valence-corrected chi connectivity index (χ4v) is 0.819. The molecule has 0 radical (unpaired) electrons. The van der Waals surface area contributed by atoms with E-state index in [1.807, 2.05) is 25.3 Å². The zero-order chi connectivity index (χ0) is 7.40. The van der Waals surface area contributed by atoms with Crippen LogP contribution < -0.4 is 0 Å². The maximum Gasteiger partial charge on any atom is 0.255 e. The van der Waals surface area contributed by atoms with Gasteiger partial charge in [-0.1, -0.05) is 18.2 Å².